The molecule has 2 aromatic rings. The highest BCUT2D eigenvalue weighted by Crippen LogP contribution is 2.33. The van der Waals surface area contributed by atoms with E-state index in [1.807, 2.05) is 0 Å². The van der Waals surface area contributed by atoms with Crippen LogP contribution in [0, 0.1) is 6.92 Å². The Morgan fingerprint density at radius 2 is 1.96 bits per heavy atom. The largest absolute Gasteiger partial charge is 0.496 e. The number of benzene rings is 2. The summed E-state index contributed by atoms with van der Waals surface area (Å²) in [6.45, 7) is 1.74. The van der Waals surface area contributed by atoms with E-state index < -0.39 is 5.97 Å². The topological polar surface area (TPSA) is 72.8 Å². The lowest BCUT2D eigenvalue weighted by molar-refractivity contribution is 0.0693. The molecule has 1 aliphatic rings. The Balaban J connectivity index is 2.05. The fourth-order valence-electron chi connectivity index (χ4n) is 2.57. The molecule has 1 N–H and O–H groups in total. The number of carboxylic acid groups (broad SMARTS) is 1. The van der Waals surface area contributed by atoms with Gasteiger partial charge in [-0.15, -0.1) is 0 Å². The van der Waals surface area contributed by atoms with E-state index in [0.29, 0.717) is 22.4 Å². The highest BCUT2D eigenvalue weighted by atomic mass is 16.5. The number of carbonyl (C=O) groups excluding carboxylic acids is 1. The number of ether oxygens (including phenoxy) is 2. The van der Waals surface area contributed by atoms with Gasteiger partial charge in [0.25, 0.3) is 0 Å². The molecule has 5 heteroatoms. The van der Waals surface area contributed by atoms with Crippen molar-refractivity contribution < 1.29 is 24.2 Å². The van der Waals surface area contributed by atoms with E-state index in [-0.39, 0.29) is 22.9 Å². The molecule has 23 heavy (non-hydrogen) atoms. The molecular formula is C18H14O5. The maximum Gasteiger partial charge on any atom is 0.339 e. The number of ketones is 1. The Kier molecular flexibility index (Phi) is 3.62. The molecule has 0 saturated carbocycles. The number of Topliss-reactive ketones (excluding diaryl/α,β-unsaturated/α-hetero) is 1. The van der Waals surface area contributed by atoms with Crippen molar-refractivity contribution in [2.75, 3.05) is 7.11 Å². The maximum absolute atomic E-state index is 12.3. The fourth-order valence-corrected chi connectivity index (χ4v) is 2.57. The molecule has 0 saturated heterocycles. The molecule has 0 radical (unpaired) electrons. The highest BCUT2D eigenvalue weighted by molar-refractivity contribution is 6.14. The average Bonchev–Trinajstić information content (AvgIpc) is 2.85. The molecule has 116 valence electrons. The minimum absolute atomic E-state index is 0.0779. The van der Waals surface area contributed by atoms with E-state index in [1.54, 1.807) is 43.3 Å². The molecule has 0 amide bonds. The number of allylic oxidation sites excluding steroid dienone is 1. The normalized spacial score (nSPS) is 14.5. The molecule has 0 atom stereocenters. The third kappa shape index (κ3) is 2.46. The highest BCUT2D eigenvalue weighted by Gasteiger charge is 2.27. The van der Waals surface area contributed by atoms with Gasteiger partial charge in [0.15, 0.2) is 5.76 Å². The van der Waals surface area contributed by atoms with Crippen LogP contribution >= 0.6 is 0 Å². The molecule has 0 aliphatic carbocycles. The summed E-state index contributed by atoms with van der Waals surface area (Å²) in [6, 6.07) is 10.1. The van der Waals surface area contributed by atoms with Gasteiger partial charge >= 0.3 is 5.97 Å². The first kappa shape index (κ1) is 14.8. The summed E-state index contributed by atoms with van der Waals surface area (Å²) in [6.07, 6.45) is 1.60. The minimum Gasteiger partial charge on any atom is -0.496 e. The molecule has 5 nitrogen and oxygen atoms in total. The van der Waals surface area contributed by atoms with Gasteiger partial charge < -0.3 is 14.6 Å². The smallest absolute Gasteiger partial charge is 0.339 e. The standard InChI is InChI=1S/C18H14O5/c1-10-11(7-8-13(18(20)21)17(10)22-2)9-15-16(19)12-5-3-4-6-14(12)23-15/h3-9H,1-2H3,(H,20,21). The number of rotatable bonds is 3. The summed E-state index contributed by atoms with van der Waals surface area (Å²) in [5, 5.41) is 9.18. The van der Waals surface area contributed by atoms with Crippen molar-refractivity contribution >= 4 is 17.8 Å². The number of aromatic carboxylic acids is 1. The van der Waals surface area contributed by atoms with Gasteiger partial charge in [-0.3, -0.25) is 4.79 Å². The van der Waals surface area contributed by atoms with Gasteiger partial charge in [-0.05, 0) is 42.3 Å². The first-order valence-electron chi connectivity index (χ1n) is 6.97. The molecule has 2 aromatic carbocycles. The first-order chi connectivity index (χ1) is 11.0. The van der Waals surface area contributed by atoms with E-state index in [9.17, 15) is 14.7 Å². The van der Waals surface area contributed by atoms with Crippen molar-refractivity contribution in [3.05, 3.63) is 64.4 Å². The molecule has 0 fully saturated rings. The molecule has 0 unspecified atom stereocenters. The summed E-state index contributed by atoms with van der Waals surface area (Å²) >= 11 is 0. The molecule has 1 heterocycles. The molecule has 0 bridgehead atoms. The second-order valence-electron chi connectivity index (χ2n) is 5.10. The van der Waals surface area contributed by atoms with E-state index in [2.05, 4.69) is 0 Å². The Bertz CT molecular complexity index is 848. The van der Waals surface area contributed by atoms with Crippen LogP contribution in [0.4, 0.5) is 0 Å². The average molecular weight is 310 g/mol. The SMILES string of the molecule is COc1c(C(=O)O)ccc(C=C2Oc3ccccc3C2=O)c1C. The number of hydrogen-bond donors (Lipinski definition) is 1. The number of methoxy groups -OCH3 is 1. The third-order valence-electron chi connectivity index (χ3n) is 3.74. The van der Waals surface area contributed by atoms with Gasteiger partial charge in [0.1, 0.15) is 17.1 Å². The number of carbonyl (C=O) groups is 2. The van der Waals surface area contributed by atoms with Gasteiger partial charge in [0.05, 0.1) is 12.7 Å². The van der Waals surface area contributed by atoms with Gasteiger partial charge in [-0.1, -0.05) is 18.2 Å². The Hall–Kier alpha value is -3.08. The van der Waals surface area contributed by atoms with Gasteiger partial charge in [-0.25, -0.2) is 4.79 Å². The Labute approximate surface area is 132 Å². The van der Waals surface area contributed by atoms with Crippen LogP contribution in [0.1, 0.15) is 31.8 Å². The molecule has 3 rings (SSSR count). The lowest BCUT2D eigenvalue weighted by Crippen LogP contribution is -2.04. The summed E-state index contributed by atoms with van der Waals surface area (Å²) in [5.41, 5.74) is 1.90. The monoisotopic (exact) mass is 310 g/mol. The van der Waals surface area contributed by atoms with Gasteiger partial charge in [0.2, 0.25) is 5.78 Å². The van der Waals surface area contributed by atoms with Crippen molar-refractivity contribution in [3.63, 3.8) is 0 Å². The molecule has 0 aromatic heterocycles. The number of hydrogen-bond acceptors (Lipinski definition) is 4. The first-order valence-corrected chi connectivity index (χ1v) is 6.97. The van der Waals surface area contributed by atoms with Crippen LogP contribution < -0.4 is 9.47 Å². The van der Waals surface area contributed by atoms with Crippen LogP contribution in [0.25, 0.3) is 6.08 Å². The lowest BCUT2D eigenvalue weighted by atomic mass is 10.0. The second kappa shape index (κ2) is 5.61. The molecule has 0 spiro atoms. The van der Waals surface area contributed by atoms with Crippen molar-refractivity contribution in [2.24, 2.45) is 0 Å². The van der Waals surface area contributed by atoms with Crippen LogP contribution in [0.3, 0.4) is 0 Å². The quantitative estimate of drug-likeness (QED) is 0.880. The van der Waals surface area contributed by atoms with Crippen molar-refractivity contribution in [2.45, 2.75) is 6.92 Å². The molecule has 1 aliphatic heterocycles. The zero-order valence-corrected chi connectivity index (χ0v) is 12.6. The fraction of sp³-hybridized carbons (Fsp3) is 0.111. The molecular weight excluding hydrogens is 296 g/mol. The van der Waals surface area contributed by atoms with E-state index in [4.69, 9.17) is 9.47 Å². The zero-order chi connectivity index (χ0) is 16.6. The Morgan fingerprint density at radius 1 is 1.22 bits per heavy atom. The van der Waals surface area contributed by atoms with Crippen LogP contribution in [-0.4, -0.2) is 24.0 Å². The number of carboxylic acids is 1. The van der Waals surface area contributed by atoms with Gasteiger partial charge in [0, 0.05) is 0 Å². The van der Waals surface area contributed by atoms with Gasteiger partial charge in [-0.2, -0.15) is 0 Å². The summed E-state index contributed by atoms with van der Waals surface area (Å²) in [4.78, 5) is 23.5. The van der Waals surface area contributed by atoms with E-state index >= 15 is 0 Å². The summed E-state index contributed by atoms with van der Waals surface area (Å²) < 4.78 is 10.8. The number of fused-ring (bicyclic) bond motifs is 1. The third-order valence-corrected chi connectivity index (χ3v) is 3.74. The number of para-hydroxylation sites is 1. The zero-order valence-electron chi connectivity index (χ0n) is 12.6. The van der Waals surface area contributed by atoms with Crippen LogP contribution in [0.2, 0.25) is 0 Å². The predicted octanol–water partition coefficient (Wildman–Crippen LogP) is 3.32. The van der Waals surface area contributed by atoms with Crippen LogP contribution in [0.15, 0.2) is 42.2 Å². The van der Waals surface area contributed by atoms with Crippen LogP contribution in [-0.2, 0) is 0 Å². The summed E-state index contributed by atoms with van der Waals surface area (Å²) in [7, 11) is 1.42. The van der Waals surface area contributed by atoms with Crippen molar-refractivity contribution in [1.29, 1.82) is 0 Å². The lowest BCUT2D eigenvalue weighted by Gasteiger charge is -2.11. The second-order valence-corrected chi connectivity index (χ2v) is 5.10. The van der Waals surface area contributed by atoms with Crippen LogP contribution in [0.5, 0.6) is 11.5 Å². The van der Waals surface area contributed by atoms with Crippen molar-refractivity contribution in [3.8, 4) is 11.5 Å². The van der Waals surface area contributed by atoms with E-state index in [1.165, 1.54) is 13.2 Å². The minimum atomic E-state index is -1.07. The Morgan fingerprint density at radius 3 is 2.61 bits per heavy atom. The van der Waals surface area contributed by atoms with E-state index in [0.717, 1.165) is 0 Å². The maximum atomic E-state index is 12.3. The summed E-state index contributed by atoms with van der Waals surface area (Å²) in [5.74, 6) is -0.254. The van der Waals surface area contributed by atoms with Crippen molar-refractivity contribution in [1.82, 2.24) is 0 Å². The predicted molar refractivity (Wildman–Crippen MR) is 84.1 cm³/mol.